The lowest BCUT2D eigenvalue weighted by atomic mass is 9.93. The standard InChI is InChI=1S/C14H2F8N2/c15-9-5(3-24)11(17)12(18)6-7(9)13(19)10(16)4(1-2-23)8(6)14(20,21)22/h1H2. The minimum Gasteiger partial charge on any atom is -0.205 e. The van der Waals surface area contributed by atoms with Gasteiger partial charge >= 0.3 is 6.18 Å². The molecule has 0 saturated carbocycles. The number of rotatable bonds is 1. The minimum atomic E-state index is -5.55. The Kier molecular flexibility index (Phi) is 4.10. The van der Waals surface area contributed by atoms with E-state index in [-0.39, 0.29) is 0 Å². The summed E-state index contributed by atoms with van der Waals surface area (Å²) >= 11 is 0. The molecule has 0 amide bonds. The summed E-state index contributed by atoms with van der Waals surface area (Å²) in [6.45, 7) is 0. The number of nitrogens with zero attached hydrogens (tertiary/aromatic N) is 2. The molecule has 0 aliphatic carbocycles. The lowest BCUT2D eigenvalue weighted by Gasteiger charge is -2.18. The molecule has 0 unspecified atom stereocenters. The van der Waals surface area contributed by atoms with Crippen molar-refractivity contribution in [2.75, 3.05) is 0 Å². The monoisotopic (exact) mass is 350 g/mol. The number of benzene rings is 2. The van der Waals surface area contributed by atoms with Crippen LogP contribution in [-0.2, 0) is 12.6 Å². The van der Waals surface area contributed by atoms with E-state index in [4.69, 9.17) is 10.5 Å². The molecular weight excluding hydrogens is 348 g/mol. The van der Waals surface area contributed by atoms with Crippen molar-refractivity contribution in [3.63, 3.8) is 0 Å². The van der Waals surface area contributed by atoms with Crippen LogP contribution in [0.3, 0.4) is 0 Å². The van der Waals surface area contributed by atoms with E-state index < -0.39 is 69.1 Å². The normalized spacial score (nSPS) is 11.4. The fourth-order valence-electron chi connectivity index (χ4n) is 2.26. The quantitative estimate of drug-likeness (QED) is 0.562. The van der Waals surface area contributed by atoms with E-state index in [0.29, 0.717) is 0 Å². The molecule has 10 heteroatoms. The molecule has 24 heavy (non-hydrogen) atoms. The average molecular weight is 350 g/mol. The van der Waals surface area contributed by atoms with Crippen LogP contribution in [0.4, 0.5) is 35.1 Å². The van der Waals surface area contributed by atoms with Crippen LogP contribution in [0.1, 0.15) is 16.7 Å². The Balaban J connectivity index is 3.29. The van der Waals surface area contributed by atoms with Crippen LogP contribution in [0.2, 0.25) is 0 Å². The average Bonchev–Trinajstić information content (AvgIpc) is 2.48. The van der Waals surface area contributed by atoms with Gasteiger partial charge in [-0.05, 0) is 0 Å². The Morgan fingerprint density at radius 1 is 0.750 bits per heavy atom. The van der Waals surface area contributed by atoms with Crippen molar-refractivity contribution >= 4 is 10.8 Å². The van der Waals surface area contributed by atoms with Gasteiger partial charge in [-0.2, -0.15) is 23.7 Å². The molecule has 0 bridgehead atoms. The fraction of sp³-hybridized carbons (Fsp3) is 0.143. The highest BCUT2D eigenvalue weighted by atomic mass is 19.4. The van der Waals surface area contributed by atoms with Gasteiger partial charge in [0.2, 0.25) is 0 Å². The van der Waals surface area contributed by atoms with Crippen molar-refractivity contribution in [1.82, 2.24) is 0 Å². The van der Waals surface area contributed by atoms with Crippen molar-refractivity contribution in [2.24, 2.45) is 0 Å². The van der Waals surface area contributed by atoms with Gasteiger partial charge in [0.25, 0.3) is 0 Å². The maximum absolute atomic E-state index is 14.0. The second kappa shape index (κ2) is 5.64. The molecule has 0 fully saturated rings. The van der Waals surface area contributed by atoms with Crippen molar-refractivity contribution < 1.29 is 35.1 Å². The topological polar surface area (TPSA) is 47.6 Å². The van der Waals surface area contributed by atoms with Crippen molar-refractivity contribution in [3.05, 3.63) is 45.8 Å². The van der Waals surface area contributed by atoms with Gasteiger partial charge in [-0.25, -0.2) is 22.0 Å². The molecule has 2 nitrogen and oxygen atoms in total. The van der Waals surface area contributed by atoms with Crippen LogP contribution >= 0.6 is 0 Å². The third kappa shape index (κ3) is 2.31. The van der Waals surface area contributed by atoms with Crippen LogP contribution in [0.5, 0.6) is 0 Å². The zero-order valence-electron chi connectivity index (χ0n) is 11.1. The SMILES string of the molecule is N#CCc1c(F)c(F)c2c(F)c(C#N)c(F)c(F)c2c1C(F)(F)F. The fourth-order valence-corrected chi connectivity index (χ4v) is 2.26. The van der Waals surface area contributed by atoms with E-state index in [2.05, 4.69) is 0 Å². The second-order valence-corrected chi connectivity index (χ2v) is 4.49. The Bertz CT molecular complexity index is 947. The first-order valence-electron chi connectivity index (χ1n) is 5.92. The van der Waals surface area contributed by atoms with Gasteiger partial charge in [0.1, 0.15) is 11.6 Å². The first-order valence-corrected chi connectivity index (χ1v) is 5.92. The Morgan fingerprint density at radius 2 is 1.29 bits per heavy atom. The van der Waals surface area contributed by atoms with E-state index in [9.17, 15) is 35.1 Å². The number of hydrogen-bond acceptors (Lipinski definition) is 2. The van der Waals surface area contributed by atoms with Gasteiger partial charge in [-0.15, -0.1) is 0 Å². The second-order valence-electron chi connectivity index (χ2n) is 4.49. The van der Waals surface area contributed by atoms with E-state index in [0.717, 1.165) is 12.1 Å². The Labute approximate surface area is 128 Å². The maximum Gasteiger partial charge on any atom is 0.417 e. The van der Waals surface area contributed by atoms with Gasteiger partial charge < -0.3 is 0 Å². The summed E-state index contributed by atoms with van der Waals surface area (Å²) in [6, 6.07) is 1.96. The van der Waals surface area contributed by atoms with Crippen LogP contribution in [0, 0.1) is 51.7 Å². The number of fused-ring (bicyclic) bond motifs is 1. The third-order valence-electron chi connectivity index (χ3n) is 3.20. The summed E-state index contributed by atoms with van der Waals surface area (Å²) in [4.78, 5) is 0. The van der Waals surface area contributed by atoms with Crippen LogP contribution in [-0.4, -0.2) is 0 Å². The van der Waals surface area contributed by atoms with E-state index in [1.54, 1.807) is 0 Å². The zero-order chi connectivity index (χ0) is 18.4. The molecule has 0 saturated heterocycles. The summed E-state index contributed by atoms with van der Waals surface area (Å²) in [5.41, 5.74) is -5.49. The molecule has 0 aromatic heterocycles. The molecule has 0 N–H and O–H groups in total. The molecule has 0 aliphatic heterocycles. The first-order chi connectivity index (χ1) is 11.1. The highest BCUT2D eigenvalue weighted by Crippen LogP contribution is 2.43. The van der Waals surface area contributed by atoms with Crippen molar-refractivity contribution in [3.8, 4) is 12.1 Å². The lowest BCUT2D eigenvalue weighted by molar-refractivity contribution is -0.137. The minimum absolute atomic E-state index is 0.828. The highest BCUT2D eigenvalue weighted by Gasteiger charge is 2.41. The largest absolute Gasteiger partial charge is 0.417 e. The van der Waals surface area contributed by atoms with Gasteiger partial charge in [-0.1, -0.05) is 0 Å². The number of halogens is 8. The van der Waals surface area contributed by atoms with Gasteiger partial charge in [0.05, 0.1) is 23.4 Å². The molecule has 0 heterocycles. The van der Waals surface area contributed by atoms with Gasteiger partial charge in [-0.3, -0.25) is 0 Å². The summed E-state index contributed by atoms with van der Waals surface area (Å²) in [7, 11) is 0. The number of hydrogen-bond donors (Lipinski definition) is 0. The molecule has 0 atom stereocenters. The Morgan fingerprint density at radius 3 is 1.75 bits per heavy atom. The van der Waals surface area contributed by atoms with Gasteiger partial charge in [0, 0.05) is 10.9 Å². The number of alkyl halides is 3. The smallest absolute Gasteiger partial charge is 0.205 e. The maximum atomic E-state index is 14.0. The first kappa shape index (κ1) is 17.5. The lowest BCUT2D eigenvalue weighted by Crippen LogP contribution is -2.16. The van der Waals surface area contributed by atoms with E-state index in [1.807, 2.05) is 0 Å². The molecule has 2 aromatic rings. The summed E-state index contributed by atoms with van der Waals surface area (Å²) < 4.78 is 109. The molecule has 2 rings (SSSR count). The molecule has 0 spiro atoms. The van der Waals surface area contributed by atoms with Crippen molar-refractivity contribution in [1.29, 1.82) is 10.5 Å². The van der Waals surface area contributed by atoms with Crippen LogP contribution in [0.15, 0.2) is 0 Å². The highest BCUT2D eigenvalue weighted by molar-refractivity contribution is 5.90. The molecule has 0 radical (unpaired) electrons. The van der Waals surface area contributed by atoms with Crippen LogP contribution < -0.4 is 0 Å². The molecular formula is C14H2F8N2. The predicted molar refractivity (Wildman–Crippen MR) is 62.8 cm³/mol. The summed E-state index contributed by atoms with van der Waals surface area (Å²) in [5, 5.41) is 13.2. The number of nitriles is 2. The molecule has 124 valence electrons. The molecule has 0 aliphatic rings. The molecule has 2 aromatic carbocycles. The van der Waals surface area contributed by atoms with E-state index in [1.165, 1.54) is 0 Å². The summed E-state index contributed by atoms with van der Waals surface area (Å²) in [5.74, 6) is -11.3. The van der Waals surface area contributed by atoms with Gasteiger partial charge in [0.15, 0.2) is 29.1 Å². The zero-order valence-corrected chi connectivity index (χ0v) is 11.1. The van der Waals surface area contributed by atoms with Crippen molar-refractivity contribution in [2.45, 2.75) is 12.6 Å². The third-order valence-corrected chi connectivity index (χ3v) is 3.20. The predicted octanol–water partition coefficient (Wildman–Crippen LogP) is 4.49. The van der Waals surface area contributed by atoms with E-state index >= 15 is 0 Å². The Hall–Kier alpha value is -2.88. The van der Waals surface area contributed by atoms with Crippen LogP contribution in [0.25, 0.3) is 10.8 Å². The summed E-state index contributed by atoms with van der Waals surface area (Å²) in [6.07, 6.45) is -6.87.